The summed E-state index contributed by atoms with van der Waals surface area (Å²) in [5.41, 5.74) is 4.08. The summed E-state index contributed by atoms with van der Waals surface area (Å²) in [7, 11) is 0. The average Bonchev–Trinajstić information content (AvgIpc) is 2.55. The van der Waals surface area contributed by atoms with Crippen molar-refractivity contribution in [3.05, 3.63) is 17.0 Å². The van der Waals surface area contributed by atoms with Crippen molar-refractivity contribution < 1.29 is 0 Å². The monoisotopic (exact) mass is 207 g/mol. The van der Waals surface area contributed by atoms with Crippen LogP contribution in [-0.4, -0.2) is 22.9 Å². The van der Waals surface area contributed by atoms with Gasteiger partial charge in [0.2, 0.25) is 0 Å². The second-order valence-corrected chi connectivity index (χ2v) is 4.44. The van der Waals surface area contributed by atoms with E-state index in [2.05, 4.69) is 35.9 Å². The Balaban J connectivity index is 2.29. The lowest BCUT2D eigenvalue weighted by atomic mass is 9.90. The normalized spacial score (nSPS) is 21.9. The molecular weight excluding hydrogens is 186 g/mol. The third kappa shape index (κ3) is 1.93. The minimum Gasteiger partial charge on any atom is -0.316 e. The molecule has 0 aromatic carbocycles. The molecular formula is C12H21N3. The van der Waals surface area contributed by atoms with E-state index in [4.69, 9.17) is 0 Å². The van der Waals surface area contributed by atoms with Crippen molar-refractivity contribution in [2.24, 2.45) is 0 Å². The highest BCUT2D eigenvalue weighted by Crippen LogP contribution is 2.28. The van der Waals surface area contributed by atoms with Crippen LogP contribution in [0.1, 0.15) is 42.6 Å². The SMILES string of the molecule is CCn1nc(C)c(C2CCCNC2)c1C. The van der Waals surface area contributed by atoms with Gasteiger partial charge in [-0.05, 0) is 40.2 Å². The summed E-state index contributed by atoms with van der Waals surface area (Å²) >= 11 is 0. The van der Waals surface area contributed by atoms with Gasteiger partial charge in [0.05, 0.1) is 5.69 Å². The molecule has 0 spiro atoms. The smallest absolute Gasteiger partial charge is 0.0631 e. The van der Waals surface area contributed by atoms with Crippen LogP contribution >= 0.6 is 0 Å². The maximum atomic E-state index is 4.59. The Morgan fingerprint density at radius 3 is 2.80 bits per heavy atom. The molecule has 1 atom stereocenters. The van der Waals surface area contributed by atoms with E-state index in [1.807, 2.05) is 0 Å². The predicted molar refractivity (Wildman–Crippen MR) is 62.2 cm³/mol. The first-order chi connectivity index (χ1) is 7.24. The molecule has 1 unspecified atom stereocenters. The van der Waals surface area contributed by atoms with Gasteiger partial charge in [0.15, 0.2) is 0 Å². The fraction of sp³-hybridized carbons (Fsp3) is 0.750. The zero-order valence-corrected chi connectivity index (χ0v) is 10.0. The number of aryl methyl sites for hydroxylation is 2. The van der Waals surface area contributed by atoms with E-state index in [0.29, 0.717) is 5.92 Å². The van der Waals surface area contributed by atoms with Crippen molar-refractivity contribution in [3.63, 3.8) is 0 Å². The first-order valence-electron chi connectivity index (χ1n) is 5.98. The number of rotatable bonds is 2. The molecule has 1 N–H and O–H groups in total. The quantitative estimate of drug-likeness (QED) is 0.803. The molecule has 0 saturated carbocycles. The van der Waals surface area contributed by atoms with Gasteiger partial charge < -0.3 is 5.32 Å². The number of piperidine rings is 1. The van der Waals surface area contributed by atoms with Gasteiger partial charge in [-0.3, -0.25) is 4.68 Å². The van der Waals surface area contributed by atoms with E-state index in [9.17, 15) is 0 Å². The summed E-state index contributed by atoms with van der Waals surface area (Å²) in [5, 5.41) is 8.07. The largest absolute Gasteiger partial charge is 0.316 e. The molecule has 84 valence electrons. The molecule has 1 aromatic heterocycles. The van der Waals surface area contributed by atoms with Crippen LogP contribution < -0.4 is 5.32 Å². The highest BCUT2D eigenvalue weighted by molar-refractivity contribution is 5.29. The molecule has 1 aliphatic heterocycles. The van der Waals surface area contributed by atoms with E-state index in [-0.39, 0.29) is 0 Å². The fourth-order valence-electron chi connectivity index (χ4n) is 2.71. The summed E-state index contributed by atoms with van der Waals surface area (Å²) in [6.45, 7) is 9.78. The zero-order chi connectivity index (χ0) is 10.8. The summed E-state index contributed by atoms with van der Waals surface area (Å²) in [6, 6.07) is 0. The molecule has 3 nitrogen and oxygen atoms in total. The highest BCUT2D eigenvalue weighted by Gasteiger charge is 2.22. The van der Waals surface area contributed by atoms with Crippen molar-refractivity contribution >= 4 is 0 Å². The van der Waals surface area contributed by atoms with Crippen LogP contribution in [0.4, 0.5) is 0 Å². The fourth-order valence-corrected chi connectivity index (χ4v) is 2.71. The first kappa shape index (κ1) is 10.7. The molecule has 15 heavy (non-hydrogen) atoms. The van der Waals surface area contributed by atoms with Crippen LogP contribution in [0.2, 0.25) is 0 Å². The van der Waals surface area contributed by atoms with Gasteiger partial charge in [-0.1, -0.05) is 0 Å². The Kier molecular flexibility index (Phi) is 3.10. The Morgan fingerprint density at radius 1 is 1.47 bits per heavy atom. The highest BCUT2D eigenvalue weighted by atomic mass is 15.3. The van der Waals surface area contributed by atoms with Crippen LogP contribution in [0.15, 0.2) is 0 Å². The Labute approximate surface area is 91.9 Å². The third-order valence-electron chi connectivity index (χ3n) is 3.44. The topological polar surface area (TPSA) is 29.9 Å². The van der Waals surface area contributed by atoms with Gasteiger partial charge in [0.25, 0.3) is 0 Å². The molecule has 1 saturated heterocycles. The molecule has 0 amide bonds. The van der Waals surface area contributed by atoms with Gasteiger partial charge in [-0.15, -0.1) is 0 Å². The van der Waals surface area contributed by atoms with E-state index >= 15 is 0 Å². The Bertz CT molecular complexity index is 335. The van der Waals surface area contributed by atoms with Gasteiger partial charge >= 0.3 is 0 Å². The minimum absolute atomic E-state index is 0.680. The van der Waals surface area contributed by atoms with Gasteiger partial charge in [0.1, 0.15) is 0 Å². The molecule has 1 fully saturated rings. The number of aromatic nitrogens is 2. The number of nitrogens with one attached hydrogen (secondary N) is 1. The van der Waals surface area contributed by atoms with Crippen LogP contribution in [-0.2, 0) is 6.54 Å². The minimum atomic E-state index is 0.680. The van der Waals surface area contributed by atoms with Gasteiger partial charge in [-0.2, -0.15) is 5.10 Å². The second kappa shape index (κ2) is 4.35. The summed E-state index contributed by atoms with van der Waals surface area (Å²) in [5.74, 6) is 0.680. The summed E-state index contributed by atoms with van der Waals surface area (Å²) < 4.78 is 2.12. The number of hydrogen-bond donors (Lipinski definition) is 1. The molecule has 2 rings (SSSR count). The lowest BCUT2D eigenvalue weighted by Gasteiger charge is -2.23. The Hall–Kier alpha value is -0.830. The Morgan fingerprint density at radius 2 is 2.27 bits per heavy atom. The van der Waals surface area contributed by atoms with E-state index in [1.165, 1.54) is 36.3 Å². The van der Waals surface area contributed by atoms with Crippen LogP contribution in [0.3, 0.4) is 0 Å². The van der Waals surface area contributed by atoms with Gasteiger partial charge in [0, 0.05) is 30.3 Å². The summed E-state index contributed by atoms with van der Waals surface area (Å²) in [4.78, 5) is 0. The average molecular weight is 207 g/mol. The molecule has 0 radical (unpaired) electrons. The first-order valence-corrected chi connectivity index (χ1v) is 5.98. The summed E-state index contributed by atoms with van der Waals surface area (Å²) in [6.07, 6.45) is 2.60. The molecule has 1 aliphatic rings. The van der Waals surface area contributed by atoms with Crippen LogP contribution in [0, 0.1) is 13.8 Å². The van der Waals surface area contributed by atoms with E-state index < -0.39 is 0 Å². The number of hydrogen-bond acceptors (Lipinski definition) is 2. The molecule has 2 heterocycles. The number of nitrogens with zero attached hydrogens (tertiary/aromatic N) is 2. The predicted octanol–water partition coefficient (Wildman–Crippen LogP) is 1.99. The maximum absolute atomic E-state index is 4.59. The van der Waals surface area contributed by atoms with Crippen molar-refractivity contribution in [3.8, 4) is 0 Å². The lowest BCUT2D eigenvalue weighted by molar-refractivity contribution is 0.458. The van der Waals surface area contributed by atoms with Crippen molar-refractivity contribution in [1.29, 1.82) is 0 Å². The van der Waals surface area contributed by atoms with Crippen molar-refractivity contribution in [2.45, 2.75) is 46.1 Å². The molecule has 3 heteroatoms. The molecule has 0 aliphatic carbocycles. The lowest BCUT2D eigenvalue weighted by Crippen LogP contribution is -2.28. The zero-order valence-electron chi connectivity index (χ0n) is 10.0. The van der Waals surface area contributed by atoms with E-state index in [0.717, 1.165) is 13.1 Å². The van der Waals surface area contributed by atoms with E-state index in [1.54, 1.807) is 0 Å². The second-order valence-electron chi connectivity index (χ2n) is 4.44. The third-order valence-corrected chi connectivity index (χ3v) is 3.44. The molecule has 1 aromatic rings. The van der Waals surface area contributed by atoms with Gasteiger partial charge in [-0.25, -0.2) is 0 Å². The maximum Gasteiger partial charge on any atom is 0.0631 e. The van der Waals surface area contributed by atoms with Crippen molar-refractivity contribution in [2.75, 3.05) is 13.1 Å². The molecule has 0 bridgehead atoms. The van der Waals surface area contributed by atoms with Crippen LogP contribution in [0.25, 0.3) is 0 Å². The van der Waals surface area contributed by atoms with Crippen molar-refractivity contribution in [1.82, 2.24) is 15.1 Å². The van der Waals surface area contributed by atoms with Crippen LogP contribution in [0.5, 0.6) is 0 Å². The standard InChI is InChI=1S/C12H21N3/c1-4-15-10(3)12(9(2)14-15)11-6-5-7-13-8-11/h11,13H,4-8H2,1-3H3.